The second-order valence-electron chi connectivity index (χ2n) is 4.24. The van der Waals surface area contributed by atoms with Gasteiger partial charge in [0.15, 0.2) is 5.78 Å². The quantitative estimate of drug-likeness (QED) is 0.652. The van der Waals surface area contributed by atoms with E-state index in [0.29, 0.717) is 16.3 Å². The van der Waals surface area contributed by atoms with Crippen molar-refractivity contribution in [1.29, 1.82) is 0 Å². The van der Waals surface area contributed by atoms with Crippen molar-refractivity contribution in [3.05, 3.63) is 52.5 Å². The Labute approximate surface area is 111 Å². The van der Waals surface area contributed by atoms with Crippen LogP contribution in [0.4, 0.5) is 5.69 Å². The van der Waals surface area contributed by atoms with Gasteiger partial charge in [0.2, 0.25) is 0 Å². The molecule has 2 nitrogen and oxygen atoms in total. The number of halogens is 1. The maximum absolute atomic E-state index is 11.7. The van der Waals surface area contributed by atoms with Gasteiger partial charge >= 0.3 is 0 Å². The summed E-state index contributed by atoms with van der Waals surface area (Å²) in [6, 6.07) is 11.3. The highest BCUT2D eigenvalue weighted by atomic mass is 35.5. The number of rotatable bonds is 2. The first kappa shape index (κ1) is 12.7. The van der Waals surface area contributed by atoms with E-state index in [2.05, 4.69) is 0 Å². The maximum Gasteiger partial charge on any atom is 0.160 e. The standard InChI is InChI=1S/C15H14ClNO/c1-9-13(16)8-12(10(2)18)14(15(9)17)11-6-4-3-5-7-11/h3-8H,17H2,1-2H3. The highest BCUT2D eigenvalue weighted by Crippen LogP contribution is 2.36. The fourth-order valence-corrected chi connectivity index (χ4v) is 2.17. The number of benzene rings is 2. The molecular formula is C15H14ClNO. The third kappa shape index (κ3) is 2.12. The second-order valence-corrected chi connectivity index (χ2v) is 4.65. The van der Waals surface area contributed by atoms with Crippen LogP contribution < -0.4 is 5.73 Å². The summed E-state index contributed by atoms with van der Waals surface area (Å²) in [5.41, 5.74) is 9.76. The molecule has 2 rings (SSSR count). The molecule has 0 amide bonds. The minimum absolute atomic E-state index is 0.0394. The molecule has 18 heavy (non-hydrogen) atoms. The highest BCUT2D eigenvalue weighted by molar-refractivity contribution is 6.32. The van der Waals surface area contributed by atoms with Crippen LogP contribution in [0, 0.1) is 6.92 Å². The summed E-state index contributed by atoms with van der Waals surface area (Å²) in [5, 5.41) is 0.525. The van der Waals surface area contributed by atoms with Crippen molar-refractivity contribution >= 4 is 23.1 Å². The summed E-state index contributed by atoms with van der Waals surface area (Å²) in [7, 11) is 0. The van der Waals surface area contributed by atoms with E-state index in [4.69, 9.17) is 17.3 Å². The van der Waals surface area contributed by atoms with Crippen LogP contribution in [0.15, 0.2) is 36.4 Å². The van der Waals surface area contributed by atoms with Crippen molar-refractivity contribution in [3.63, 3.8) is 0 Å². The SMILES string of the molecule is CC(=O)c1cc(Cl)c(C)c(N)c1-c1ccccc1. The molecule has 0 saturated carbocycles. The fraction of sp³-hybridized carbons (Fsp3) is 0.133. The molecule has 0 fully saturated rings. The van der Waals surface area contributed by atoms with Crippen molar-refractivity contribution in [3.8, 4) is 11.1 Å². The molecule has 0 atom stereocenters. The van der Waals surface area contributed by atoms with Gasteiger partial charge in [0.25, 0.3) is 0 Å². The van der Waals surface area contributed by atoms with Gasteiger partial charge in [-0.25, -0.2) is 0 Å². The van der Waals surface area contributed by atoms with Crippen molar-refractivity contribution in [2.24, 2.45) is 0 Å². The first-order valence-electron chi connectivity index (χ1n) is 5.67. The molecule has 0 aliphatic rings. The summed E-state index contributed by atoms with van der Waals surface area (Å²) in [6.07, 6.45) is 0. The molecule has 0 aliphatic heterocycles. The van der Waals surface area contributed by atoms with Gasteiger partial charge in [0, 0.05) is 21.8 Å². The van der Waals surface area contributed by atoms with Gasteiger partial charge in [0.1, 0.15) is 0 Å². The highest BCUT2D eigenvalue weighted by Gasteiger charge is 2.16. The van der Waals surface area contributed by atoms with Crippen LogP contribution in [0.2, 0.25) is 5.02 Å². The second kappa shape index (κ2) is 4.83. The Morgan fingerprint density at radius 1 is 1.22 bits per heavy atom. The minimum atomic E-state index is -0.0394. The smallest absolute Gasteiger partial charge is 0.160 e. The number of Topliss-reactive ketones (excluding diaryl/α,β-unsaturated/α-hetero) is 1. The number of anilines is 1. The first-order chi connectivity index (χ1) is 8.52. The molecule has 2 aromatic rings. The van der Waals surface area contributed by atoms with Gasteiger partial charge in [-0.2, -0.15) is 0 Å². The molecule has 2 aromatic carbocycles. The molecule has 92 valence electrons. The van der Waals surface area contributed by atoms with Gasteiger partial charge in [-0.15, -0.1) is 0 Å². The summed E-state index contributed by atoms with van der Waals surface area (Å²) < 4.78 is 0. The van der Waals surface area contributed by atoms with E-state index in [9.17, 15) is 4.79 Å². The van der Waals surface area contributed by atoms with Crippen molar-refractivity contribution in [2.75, 3.05) is 5.73 Å². The molecule has 0 saturated heterocycles. The van der Waals surface area contributed by atoms with Gasteiger partial charge in [-0.3, -0.25) is 4.79 Å². The maximum atomic E-state index is 11.7. The molecule has 2 N–H and O–H groups in total. The van der Waals surface area contributed by atoms with E-state index in [1.807, 2.05) is 37.3 Å². The Balaban J connectivity index is 2.80. The molecule has 0 heterocycles. The molecule has 0 aliphatic carbocycles. The van der Waals surface area contributed by atoms with Crippen LogP contribution in [0.1, 0.15) is 22.8 Å². The van der Waals surface area contributed by atoms with Crippen molar-refractivity contribution < 1.29 is 4.79 Å². The van der Waals surface area contributed by atoms with E-state index in [1.165, 1.54) is 6.92 Å². The minimum Gasteiger partial charge on any atom is -0.398 e. The van der Waals surface area contributed by atoms with Crippen LogP contribution in [-0.4, -0.2) is 5.78 Å². The number of hydrogen-bond donors (Lipinski definition) is 1. The van der Waals surface area contributed by atoms with Crippen LogP contribution >= 0.6 is 11.6 Å². The van der Waals surface area contributed by atoms with Crippen LogP contribution in [0.25, 0.3) is 11.1 Å². The summed E-state index contributed by atoms with van der Waals surface area (Å²) in [6.45, 7) is 3.38. The number of nitrogen functional groups attached to an aromatic ring is 1. The molecule has 3 heteroatoms. The molecular weight excluding hydrogens is 246 g/mol. The number of ketones is 1. The summed E-state index contributed by atoms with van der Waals surface area (Å²) in [5.74, 6) is -0.0394. The Bertz CT molecular complexity index is 606. The number of hydrogen-bond acceptors (Lipinski definition) is 2. The molecule has 0 radical (unpaired) electrons. The van der Waals surface area contributed by atoms with Crippen LogP contribution in [0.5, 0.6) is 0 Å². The van der Waals surface area contributed by atoms with E-state index in [-0.39, 0.29) is 5.78 Å². The van der Waals surface area contributed by atoms with E-state index in [1.54, 1.807) is 6.07 Å². The number of carbonyl (C=O) groups excluding carboxylic acids is 1. The lowest BCUT2D eigenvalue weighted by Gasteiger charge is -2.14. The van der Waals surface area contributed by atoms with Gasteiger partial charge in [-0.05, 0) is 31.0 Å². The lowest BCUT2D eigenvalue weighted by atomic mass is 9.93. The first-order valence-corrected chi connectivity index (χ1v) is 6.05. The number of carbonyl (C=O) groups is 1. The Kier molecular flexibility index (Phi) is 3.39. The average molecular weight is 260 g/mol. The monoisotopic (exact) mass is 259 g/mol. The van der Waals surface area contributed by atoms with E-state index >= 15 is 0 Å². The van der Waals surface area contributed by atoms with Gasteiger partial charge < -0.3 is 5.73 Å². The van der Waals surface area contributed by atoms with Crippen LogP contribution in [-0.2, 0) is 0 Å². The van der Waals surface area contributed by atoms with Crippen LogP contribution in [0.3, 0.4) is 0 Å². The van der Waals surface area contributed by atoms with Gasteiger partial charge in [0.05, 0.1) is 0 Å². The zero-order chi connectivity index (χ0) is 13.3. The Morgan fingerprint density at radius 3 is 2.39 bits per heavy atom. The van der Waals surface area contributed by atoms with Crippen molar-refractivity contribution in [2.45, 2.75) is 13.8 Å². The largest absolute Gasteiger partial charge is 0.398 e. The topological polar surface area (TPSA) is 43.1 Å². The Hall–Kier alpha value is -1.80. The van der Waals surface area contributed by atoms with Crippen molar-refractivity contribution in [1.82, 2.24) is 0 Å². The predicted molar refractivity (Wildman–Crippen MR) is 76.0 cm³/mol. The lowest BCUT2D eigenvalue weighted by molar-refractivity contribution is 0.101. The third-order valence-corrected chi connectivity index (χ3v) is 3.41. The van der Waals surface area contributed by atoms with E-state index < -0.39 is 0 Å². The molecule has 0 bridgehead atoms. The van der Waals surface area contributed by atoms with E-state index in [0.717, 1.165) is 16.7 Å². The third-order valence-electron chi connectivity index (χ3n) is 3.01. The Morgan fingerprint density at radius 2 is 1.83 bits per heavy atom. The normalized spacial score (nSPS) is 10.4. The molecule has 0 spiro atoms. The molecule has 0 unspecified atom stereocenters. The number of nitrogens with two attached hydrogens (primary N) is 1. The molecule has 0 aromatic heterocycles. The average Bonchev–Trinajstić information content (AvgIpc) is 2.36. The lowest BCUT2D eigenvalue weighted by Crippen LogP contribution is -2.03. The zero-order valence-corrected chi connectivity index (χ0v) is 11.1. The predicted octanol–water partition coefficient (Wildman–Crippen LogP) is 4.10. The van der Waals surface area contributed by atoms with Gasteiger partial charge in [-0.1, -0.05) is 41.9 Å². The zero-order valence-electron chi connectivity index (χ0n) is 10.3. The summed E-state index contributed by atoms with van der Waals surface area (Å²) in [4.78, 5) is 11.7. The fourth-order valence-electron chi connectivity index (χ4n) is 1.96. The summed E-state index contributed by atoms with van der Waals surface area (Å²) >= 11 is 6.09.